The standard InChI is InChI=1S/C23H23F3N4O2/c1-3-14-7-9-16(10-8-14)28-22(31)18-13-27-30-20(23(24,25)26)12-19(29-21(18)30)15-5-4-6-17(11-15)32-2/h4-11,13,19-20,29H,3,12H2,1-2H3,(H,28,31)/t19-,20+/m1/s1. The third kappa shape index (κ3) is 4.28. The molecule has 0 aliphatic carbocycles. The van der Waals surface area contributed by atoms with Gasteiger partial charge in [-0.15, -0.1) is 0 Å². The molecule has 32 heavy (non-hydrogen) atoms. The first-order valence-electron chi connectivity index (χ1n) is 10.2. The molecule has 2 atom stereocenters. The summed E-state index contributed by atoms with van der Waals surface area (Å²) in [4.78, 5) is 12.9. The molecule has 6 nitrogen and oxygen atoms in total. The van der Waals surface area contributed by atoms with Gasteiger partial charge in [0.1, 0.15) is 17.1 Å². The molecule has 0 saturated carbocycles. The van der Waals surface area contributed by atoms with Crippen LogP contribution in [0.3, 0.4) is 0 Å². The van der Waals surface area contributed by atoms with Gasteiger partial charge in [0.05, 0.1) is 19.3 Å². The number of aromatic nitrogens is 2. The van der Waals surface area contributed by atoms with E-state index in [1.807, 2.05) is 19.1 Å². The summed E-state index contributed by atoms with van der Waals surface area (Å²) in [6.07, 6.45) is -2.75. The second-order valence-electron chi connectivity index (χ2n) is 7.62. The summed E-state index contributed by atoms with van der Waals surface area (Å²) in [7, 11) is 1.50. The van der Waals surface area contributed by atoms with Gasteiger partial charge in [-0.3, -0.25) is 4.79 Å². The number of hydrogen-bond acceptors (Lipinski definition) is 4. The Labute approximate surface area is 183 Å². The number of aryl methyl sites for hydroxylation is 1. The Morgan fingerprint density at radius 3 is 2.66 bits per heavy atom. The van der Waals surface area contributed by atoms with Crippen LogP contribution in [-0.4, -0.2) is 29.0 Å². The zero-order valence-electron chi connectivity index (χ0n) is 17.6. The first-order chi connectivity index (χ1) is 15.3. The molecule has 2 N–H and O–H groups in total. The molecule has 1 aliphatic rings. The van der Waals surface area contributed by atoms with Crippen molar-refractivity contribution in [3.05, 3.63) is 71.4 Å². The largest absolute Gasteiger partial charge is 0.497 e. The van der Waals surface area contributed by atoms with Gasteiger partial charge in [-0.05, 0) is 41.8 Å². The number of anilines is 2. The van der Waals surface area contributed by atoms with Crippen molar-refractivity contribution in [3.63, 3.8) is 0 Å². The molecule has 0 fully saturated rings. The maximum atomic E-state index is 13.9. The minimum absolute atomic E-state index is 0.0362. The highest BCUT2D eigenvalue weighted by Crippen LogP contribution is 2.44. The molecule has 3 aromatic rings. The van der Waals surface area contributed by atoms with Crippen LogP contribution in [-0.2, 0) is 6.42 Å². The van der Waals surface area contributed by atoms with E-state index in [0.717, 1.165) is 16.7 Å². The Morgan fingerprint density at radius 2 is 2.00 bits per heavy atom. The summed E-state index contributed by atoms with van der Waals surface area (Å²) in [5.74, 6) is 0.0460. The lowest BCUT2D eigenvalue weighted by Crippen LogP contribution is -2.36. The first-order valence-corrected chi connectivity index (χ1v) is 10.2. The molecule has 0 spiro atoms. The van der Waals surface area contributed by atoms with Gasteiger partial charge < -0.3 is 15.4 Å². The van der Waals surface area contributed by atoms with Gasteiger partial charge in [-0.1, -0.05) is 31.2 Å². The topological polar surface area (TPSA) is 68.2 Å². The van der Waals surface area contributed by atoms with Crippen LogP contribution < -0.4 is 15.4 Å². The van der Waals surface area contributed by atoms with Gasteiger partial charge in [0.2, 0.25) is 0 Å². The number of benzene rings is 2. The molecule has 1 amide bonds. The number of amides is 1. The van der Waals surface area contributed by atoms with E-state index in [-0.39, 0.29) is 17.8 Å². The molecule has 2 heterocycles. The second-order valence-corrected chi connectivity index (χ2v) is 7.62. The van der Waals surface area contributed by atoms with Crippen molar-refractivity contribution in [3.8, 4) is 5.75 Å². The van der Waals surface area contributed by atoms with Gasteiger partial charge >= 0.3 is 6.18 Å². The number of ether oxygens (including phenoxy) is 1. The van der Waals surface area contributed by atoms with Crippen molar-refractivity contribution in [2.75, 3.05) is 17.7 Å². The SMILES string of the molecule is CCc1ccc(NC(=O)c2cnn3c2N[C@@H](c2cccc(OC)c2)C[C@H]3C(F)(F)F)cc1. The van der Waals surface area contributed by atoms with Crippen LogP contribution in [0.25, 0.3) is 0 Å². The third-order valence-electron chi connectivity index (χ3n) is 5.60. The smallest absolute Gasteiger partial charge is 0.410 e. The van der Waals surface area contributed by atoms with Gasteiger partial charge in [0.25, 0.3) is 5.91 Å². The summed E-state index contributed by atoms with van der Waals surface area (Å²) in [6, 6.07) is 11.6. The van der Waals surface area contributed by atoms with Crippen molar-refractivity contribution in [2.24, 2.45) is 0 Å². The molecule has 4 rings (SSSR count). The monoisotopic (exact) mass is 444 g/mol. The fourth-order valence-corrected chi connectivity index (χ4v) is 3.83. The predicted molar refractivity (Wildman–Crippen MR) is 115 cm³/mol. The summed E-state index contributed by atoms with van der Waals surface area (Å²) in [5.41, 5.74) is 2.35. The van der Waals surface area contributed by atoms with Crippen molar-refractivity contribution in [1.29, 1.82) is 0 Å². The van der Waals surface area contributed by atoms with E-state index in [0.29, 0.717) is 17.0 Å². The lowest BCUT2D eigenvalue weighted by Gasteiger charge is -2.34. The number of fused-ring (bicyclic) bond motifs is 1. The molecule has 9 heteroatoms. The average molecular weight is 444 g/mol. The number of carbonyl (C=O) groups excluding carboxylic acids is 1. The molecule has 0 bridgehead atoms. The number of carbonyl (C=O) groups is 1. The van der Waals surface area contributed by atoms with E-state index >= 15 is 0 Å². The summed E-state index contributed by atoms with van der Waals surface area (Å²) in [6.45, 7) is 2.02. The lowest BCUT2D eigenvalue weighted by molar-refractivity contribution is -0.173. The Balaban J connectivity index is 1.66. The van der Waals surface area contributed by atoms with E-state index in [1.54, 1.807) is 36.4 Å². The number of halogens is 3. The maximum Gasteiger partial charge on any atom is 0.410 e. The third-order valence-corrected chi connectivity index (χ3v) is 5.60. The number of nitrogens with zero attached hydrogens (tertiary/aromatic N) is 2. The molecule has 0 saturated heterocycles. The van der Waals surface area contributed by atoms with E-state index in [2.05, 4.69) is 15.7 Å². The molecule has 2 aromatic carbocycles. The lowest BCUT2D eigenvalue weighted by atomic mass is 9.96. The Bertz CT molecular complexity index is 1110. The fourth-order valence-electron chi connectivity index (χ4n) is 3.83. The van der Waals surface area contributed by atoms with E-state index in [9.17, 15) is 18.0 Å². The zero-order valence-corrected chi connectivity index (χ0v) is 17.6. The van der Waals surface area contributed by atoms with Gasteiger partial charge in [-0.25, -0.2) is 4.68 Å². The van der Waals surface area contributed by atoms with Gasteiger partial charge in [0, 0.05) is 12.1 Å². The molecule has 168 valence electrons. The van der Waals surface area contributed by atoms with Crippen molar-refractivity contribution >= 4 is 17.4 Å². The van der Waals surface area contributed by atoms with Crippen LogP contribution in [0, 0.1) is 0 Å². The number of nitrogens with one attached hydrogen (secondary N) is 2. The Morgan fingerprint density at radius 1 is 1.25 bits per heavy atom. The molecule has 1 aromatic heterocycles. The van der Waals surface area contributed by atoms with Crippen LogP contribution in [0.2, 0.25) is 0 Å². The second kappa shape index (κ2) is 8.57. The zero-order chi connectivity index (χ0) is 22.9. The molecule has 0 unspecified atom stereocenters. The number of alkyl halides is 3. The molecular formula is C23H23F3N4O2. The highest BCUT2D eigenvalue weighted by atomic mass is 19.4. The average Bonchev–Trinajstić information content (AvgIpc) is 3.22. The number of hydrogen-bond donors (Lipinski definition) is 2. The number of rotatable bonds is 5. The number of methoxy groups -OCH3 is 1. The van der Waals surface area contributed by atoms with Crippen molar-refractivity contribution in [2.45, 2.75) is 38.0 Å². The fraction of sp³-hybridized carbons (Fsp3) is 0.304. The van der Waals surface area contributed by atoms with Gasteiger partial charge in [-0.2, -0.15) is 18.3 Å². The van der Waals surface area contributed by atoms with E-state index in [4.69, 9.17) is 4.74 Å². The quantitative estimate of drug-likeness (QED) is 0.556. The molecule has 1 aliphatic heterocycles. The van der Waals surface area contributed by atoms with E-state index < -0.39 is 24.2 Å². The Kier molecular flexibility index (Phi) is 5.82. The summed E-state index contributed by atoms with van der Waals surface area (Å²) < 4.78 is 47.7. The predicted octanol–water partition coefficient (Wildman–Crippen LogP) is 5.37. The summed E-state index contributed by atoms with van der Waals surface area (Å²) >= 11 is 0. The maximum absolute atomic E-state index is 13.9. The first kappa shape index (κ1) is 21.7. The highest BCUT2D eigenvalue weighted by molar-refractivity contribution is 6.07. The normalized spacial score (nSPS) is 17.9. The minimum atomic E-state index is -4.52. The van der Waals surface area contributed by atoms with Crippen molar-refractivity contribution < 1.29 is 22.7 Å². The molecular weight excluding hydrogens is 421 g/mol. The van der Waals surface area contributed by atoms with Crippen LogP contribution in [0.15, 0.2) is 54.7 Å². The van der Waals surface area contributed by atoms with Crippen LogP contribution >= 0.6 is 0 Å². The van der Waals surface area contributed by atoms with Crippen molar-refractivity contribution in [1.82, 2.24) is 9.78 Å². The Hall–Kier alpha value is -3.49. The molecule has 0 radical (unpaired) electrons. The highest BCUT2D eigenvalue weighted by Gasteiger charge is 2.47. The van der Waals surface area contributed by atoms with Crippen LogP contribution in [0.5, 0.6) is 5.75 Å². The van der Waals surface area contributed by atoms with E-state index in [1.165, 1.54) is 13.3 Å². The van der Waals surface area contributed by atoms with Crippen LogP contribution in [0.1, 0.15) is 46.9 Å². The van der Waals surface area contributed by atoms with Crippen LogP contribution in [0.4, 0.5) is 24.7 Å². The van der Waals surface area contributed by atoms with Gasteiger partial charge in [0.15, 0.2) is 6.04 Å². The minimum Gasteiger partial charge on any atom is -0.497 e. The summed E-state index contributed by atoms with van der Waals surface area (Å²) in [5, 5.41) is 9.73.